The van der Waals surface area contributed by atoms with Crippen LogP contribution in [0.3, 0.4) is 0 Å². The first kappa shape index (κ1) is 20.0. The van der Waals surface area contributed by atoms with Gasteiger partial charge in [0.2, 0.25) is 5.78 Å². The number of benzene rings is 1. The molecular weight excluding hydrogens is 382 g/mol. The van der Waals surface area contributed by atoms with Crippen LogP contribution in [0.15, 0.2) is 27.8 Å². The van der Waals surface area contributed by atoms with Crippen molar-refractivity contribution in [2.75, 3.05) is 7.11 Å². The minimum Gasteiger partial charge on any atom is -0.495 e. The lowest BCUT2D eigenvalue weighted by Gasteiger charge is -2.12. The van der Waals surface area contributed by atoms with E-state index in [2.05, 4.69) is 0 Å². The molecule has 0 aliphatic rings. The Labute approximate surface area is 174 Å². The zero-order valence-electron chi connectivity index (χ0n) is 18.3. The maximum Gasteiger partial charge on any atom is 0.332 e. The molecule has 0 fully saturated rings. The fourth-order valence-electron chi connectivity index (χ4n) is 4.03. The molecule has 0 spiro atoms. The number of imidazole rings is 2. The maximum atomic E-state index is 13.3. The molecule has 0 saturated heterocycles. The van der Waals surface area contributed by atoms with E-state index in [4.69, 9.17) is 9.72 Å². The van der Waals surface area contributed by atoms with Gasteiger partial charge < -0.3 is 4.74 Å². The molecule has 0 atom stereocenters. The third kappa shape index (κ3) is 2.70. The number of aryl methyl sites for hydroxylation is 3. The second kappa shape index (κ2) is 7.19. The highest BCUT2D eigenvalue weighted by molar-refractivity contribution is 5.77. The molecule has 0 N–H and O–H groups in total. The molecule has 30 heavy (non-hydrogen) atoms. The van der Waals surface area contributed by atoms with E-state index in [-0.39, 0.29) is 11.2 Å². The van der Waals surface area contributed by atoms with Crippen molar-refractivity contribution in [3.63, 3.8) is 0 Å². The Morgan fingerprint density at radius 2 is 1.83 bits per heavy atom. The molecule has 0 aliphatic carbocycles. The van der Waals surface area contributed by atoms with Crippen molar-refractivity contribution in [1.29, 1.82) is 0 Å². The largest absolute Gasteiger partial charge is 0.495 e. The number of fused-ring (bicyclic) bond motifs is 3. The molecule has 0 aliphatic heterocycles. The number of ether oxygens (including phenoxy) is 1. The van der Waals surface area contributed by atoms with Gasteiger partial charge in [0.15, 0.2) is 11.2 Å². The molecule has 8 nitrogen and oxygen atoms in total. The summed E-state index contributed by atoms with van der Waals surface area (Å²) in [5, 5.41) is 0. The van der Waals surface area contributed by atoms with Crippen molar-refractivity contribution in [2.24, 2.45) is 7.05 Å². The Morgan fingerprint density at radius 3 is 2.50 bits per heavy atom. The fourth-order valence-corrected chi connectivity index (χ4v) is 4.03. The van der Waals surface area contributed by atoms with Crippen LogP contribution in [0.1, 0.15) is 36.7 Å². The van der Waals surface area contributed by atoms with Crippen LogP contribution in [0.25, 0.3) is 22.6 Å². The zero-order valence-corrected chi connectivity index (χ0v) is 18.3. The Hall–Kier alpha value is -3.29. The molecule has 4 aromatic rings. The molecule has 0 amide bonds. The number of rotatable bonds is 5. The van der Waals surface area contributed by atoms with Crippen molar-refractivity contribution >= 4 is 16.9 Å². The summed E-state index contributed by atoms with van der Waals surface area (Å²) in [7, 11) is 3.30. The average Bonchev–Trinajstić information content (AvgIpc) is 3.22. The lowest BCUT2D eigenvalue weighted by Crippen LogP contribution is -2.39. The van der Waals surface area contributed by atoms with Crippen LogP contribution in [0.4, 0.5) is 0 Å². The Balaban J connectivity index is 2.16. The molecule has 0 saturated carbocycles. The summed E-state index contributed by atoms with van der Waals surface area (Å²) in [4.78, 5) is 30.9. The third-order valence-corrected chi connectivity index (χ3v) is 5.83. The highest BCUT2D eigenvalue weighted by Gasteiger charge is 2.24. The van der Waals surface area contributed by atoms with E-state index in [0.29, 0.717) is 29.2 Å². The molecule has 0 unspecified atom stereocenters. The summed E-state index contributed by atoms with van der Waals surface area (Å²) in [6.07, 6.45) is 1.67. The molecule has 0 bridgehead atoms. The number of unbranched alkanes of at least 4 members (excludes halogenated alkanes) is 1. The van der Waals surface area contributed by atoms with Crippen LogP contribution >= 0.6 is 0 Å². The second-order valence-electron chi connectivity index (χ2n) is 7.75. The summed E-state index contributed by atoms with van der Waals surface area (Å²) in [6.45, 7) is 8.41. The van der Waals surface area contributed by atoms with Gasteiger partial charge in [-0.05, 0) is 44.9 Å². The molecule has 158 valence electrons. The summed E-state index contributed by atoms with van der Waals surface area (Å²) in [6, 6.07) is 5.94. The van der Waals surface area contributed by atoms with Crippen molar-refractivity contribution < 1.29 is 4.74 Å². The fraction of sp³-hybridized carbons (Fsp3) is 0.409. The quantitative estimate of drug-likeness (QED) is 0.508. The predicted octanol–water partition coefficient (Wildman–Crippen LogP) is 2.87. The summed E-state index contributed by atoms with van der Waals surface area (Å²) >= 11 is 0. The van der Waals surface area contributed by atoms with Crippen molar-refractivity contribution in [2.45, 2.75) is 47.1 Å². The molecule has 3 aromatic heterocycles. The van der Waals surface area contributed by atoms with Crippen molar-refractivity contribution in [3.8, 4) is 11.4 Å². The van der Waals surface area contributed by atoms with Gasteiger partial charge in [0.1, 0.15) is 5.75 Å². The molecule has 4 rings (SSSR count). The highest BCUT2D eigenvalue weighted by Crippen LogP contribution is 2.30. The maximum absolute atomic E-state index is 13.3. The monoisotopic (exact) mass is 409 g/mol. The zero-order chi connectivity index (χ0) is 21.7. The van der Waals surface area contributed by atoms with E-state index in [1.54, 1.807) is 14.2 Å². The van der Waals surface area contributed by atoms with Crippen LogP contribution in [0.5, 0.6) is 5.75 Å². The molecule has 1 aromatic carbocycles. The predicted molar refractivity (Wildman–Crippen MR) is 117 cm³/mol. The van der Waals surface area contributed by atoms with E-state index >= 15 is 0 Å². The van der Waals surface area contributed by atoms with Crippen molar-refractivity contribution in [1.82, 2.24) is 23.1 Å². The van der Waals surface area contributed by atoms with E-state index in [0.717, 1.165) is 35.5 Å². The molecule has 0 radical (unpaired) electrons. The number of aromatic nitrogens is 5. The van der Waals surface area contributed by atoms with Crippen molar-refractivity contribution in [3.05, 3.63) is 56.0 Å². The molecule has 8 heteroatoms. The first-order chi connectivity index (χ1) is 14.3. The van der Waals surface area contributed by atoms with Crippen LogP contribution < -0.4 is 16.0 Å². The van der Waals surface area contributed by atoms with Gasteiger partial charge in [-0.2, -0.15) is 4.98 Å². The first-order valence-electron chi connectivity index (χ1n) is 10.2. The van der Waals surface area contributed by atoms with Gasteiger partial charge in [-0.15, -0.1) is 0 Å². The van der Waals surface area contributed by atoms with Gasteiger partial charge >= 0.3 is 5.69 Å². The smallest absolute Gasteiger partial charge is 0.332 e. The number of nitrogens with zero attached hydrogens (tertiary/aromatic N) is 5. The lowest BCUT2D eigenvalue weighted by atomic mass is 10.2. The first-order valence-corrected chi connectivity index (χ1v) is 10.2. The number of hydrogen-bond acceptors (Lipinski definition) is 4. The van der Waals surface area contributed by atoms with E-state index in [1.807, 2.05) is 54.9 Å². The third-order valence-electron chi connectivity index (χ3n) is 5.83. The number of hydrogen-bond donors (Lipinski definition) is 0. The summed E-state index contributed by atoms with van der Waals surface area (Å²) in [5.74, 6) is 1.30. The Bertz CT molecular complexity index is 1400. The summed E-state index contributed by atoms with van der Waals surface area (Å²) < 4.78 is 12.2. The molecular formula is C22H27N5O3. The van der Waals surface area contributed by atoms with Crippen LogP contribution in [-0.4, -0.2) is 30.2 Å². The van der Waals surface area contributed by atoms with E-state index in [1.165, 1.54) is 9.13 Å². The standard InChI is InChI=1S/C22H27N5O3/c1-7-8-11-25-20(28)18-19(24(5)22(25)29)23-21-26(14(3)15(4)27(18)21)16-12-13(2)9-10-17(16)30-6/h9-10,12H,7-8,11H2,1-6H3. The normalized spacial score (nSPS) is 11.7. The average molecular weight is 409 g/mol. The number of methoxy groups -OCH3 is 1. The SMILES string of the molecule is CCCCn1c(=O)c2c(nc3n(-c4cc(C)ccc4OC)c(C)c(C)n23)n(C)c1=O. The van der Waals surface area contributed by atoms with Gasteiger partial charge in [-0.25, -0.2) is 4.79 Å². The Morgan fingerprint density at radius 1 is 1.10 bits per heavy atom. The molecule has 3 heterocycles. The minimum atomic E-state index is -0.337. The topological polar surface area (TPSA) is 75.5 Å². The van der Waals surface area contributed by atoms with Gasteiger partial charge in [0, 0.05) is 25.0 Å². The second-order valence-corrected chi connectivity index (χ2v) is 7.75. The van der Waals surface area contributed by atoms with Gasteiger partial charge in [-0.3, -0.25) is 22.9 Å². The Kier molecular flexibility index (Phi) is 4.80. The van der Waals surface area contributed by atoms with Crippen LogP contribution in [0.2, 0.25) is 0 Å². The van der Waals surface area contributed by atoms with Gasteiger partial charge in [0.05, 0.1) is 12.8 Å². The summed E-state index contributed by atoms with van der Waals surface area (Å²) in [5.41, 5.74) is 3.96. The van der Waals surface area contributed by atoms with E-state index in [9.17, 15) is 9.59 Å². The highest BCUT2D eigenvalue weighted by atomic mass is 16.5. The van der Waals surface area contributed by atoms with Gasteiger partial charge in [-0.1, -0.05) is 19.4 Å². The lowest BCUT2D eigenvalue weighted by molar-refractivity contribution is 0.413. The van der Waals surface area contributed by atoms with Crippen LogP contribution in [0, 0.1) is 20.8 Å². The minimum absolute atomic E-state index is 0.300. The van der Waals surface area contributed by atoms with Crippen LogP contribution in [-0.2, 0) is 13.6 Å². The van der Waals surface area contributed by atoms with Gasteiger partial charge in [0.25, 0.3) is 5.56 Å². The van der Waals surface area contributed by atoms with E-state index < -0.39 is 0 Å².